The van der Waals surface area contributed by atoms with Crippen LogP contribution >= 0.6 is 0 Å². The molecule has 2 aliphatic rings. The molecule has 0 bridgehead atoms. The maximum absolute atomic E-state index is 12.7. The van der Waals surface area contributed by atoms with Crippen LogP contribution in [0.2, 0.25) is 0 Å². The number of carbonyl (C=O) groups excluding carboxylic acids is 2. The van der Waals surface area contributed by atoms with Gasteiger partial charge in [-0.1, -0.05) is 0 Å². The fourth-order valence-corrected chi connectivity index (χ4v) is 4.71. The van der Waals surface area contributed by atoms with Gasteiger partial charge in [-0.2, -0.15) is 0 Å². The smallest absolute Gasteiger partial charge is 0.241 e. The average Bonchev–Trinajstić information content (AvgIpc) is 2.79. The number of rotatable bonds is 3. The number of hydrogen-bond acceptors (Lipinski definition) is 5. The highest BCUT2D eigenvalue weighted by Gasteiger charge is 2.50. The fraction of sp³-hybridized carbons (Fsp3) is 0.867. The summed E-state index contributed by atoms with van der Waals surface area (Å²) in [6.45, 7) is 7.25. The maximum atomic E-state index is 12.7. The Morgan fingerprint density at radius 1 is 1.30 bits per heavy atom. The van der Waals surface area contributed by atoms with Crippen LogP contribution in [0.1, 0.15) is 40.0 Å². The second-order valence-electron chi connectivity index (χ2n) is 7.57. The van der Waals surface area contributed by atoms with Crippen LogP contribution in [0, 0.1) is 0 Å². The molecule has 0 aliphatic carbocycles. The minimum absolute atomic E-state index is 0.0125. The minimum atomic E-state index is -3.53. The van der Waals surface area contributed by atoms with Gasteiger partial charge in [0.15, 0.2) is 14.6 Å². The van der Waals surface area contributed by atoms with Crippen molar-refractivity contribution in [3.8, 4) is 0 Å². The Balaban J connectivity index is 2.13. The molecule has 0 aromatic heterocycles. The summed E-state index contributed by atoms with van der Waals surface area (Å²) in [7, 11) is -3.53. The zero-order valence-corrected chi connectivity index (χ0v) is 15.1. The Morgan fingerprint density at radius 2 is 1.87 bits per heavy atom. The van der Waals surface area contributed by atoms with Crippen molar-refractivity contribution in [3.05, 3.63) is 0 Å². The molecule has 2 rings (SSSR count). The molecule has 0 spiro atoms. The summed E-state index contributed by atoms with van der Waals surface area (Å²) in [5.41, 5.74) is -0.306. The first-order chi connectivity index (χ1) is 10.5. The lowest BCUT2D eigenvalue weighted by Gasteiger charge is -2.35. The number of piperidine rings is 1. The van der Waals surface area contributed by atoms with Crippen molar-refractivity contribution in [3.63, 3.8) is 0 Å². The van der Waals surface area contributed by atoms with E-state index in [9.17, 15) is 18.0 Å². The summed E-state index contributed by atoms with van der Waals surface area (Å²) in [6.07, 6.45) is 1.88. The Labute approximate surface area is 138 Å². The minimum Gasteiger partial charge on any atom is -0.350 e. The Kier molecular flexibility index (Phi) is 4.79. The molecular formula is C15H27N3O4S. The lowest BCUT2D eigenvalue weighted by atomic mass is 9.95. The van der Waals surface area contributed by atoms with Crippen molar-refractivity contribution in [2.45, 2.75) is 56.4 Å². The van der Waals surface area contributed by atoms with Crippen LogP contribution in [0.4, 0.5) is 0 Å². The van der Waals surface area contributed by atoms with E-state index < -0.39 is 20.5 Å². The average molecular weight is 345 g/mol. The lowest BCUT2D eigenvalue weighted by molar-refractivity contribution is -0.131. The zero-order valence-electron chi connectivity index (χ0n) is 14.3. The molecule has 2 N–H and O–H groups in total. The zero-order chi connectivity index (χ0) is 17.5. The van der Waals surface area contributed by atoms with Gasteiger partial charge in [0.25, 0.3) is 0 Å². The number of nitrogens with one attached hydrogen (secondary N) is 2. The van der Waals surface area contributed by atoms with Crippen LogP contribution in [0.25, 0.3) is 0 Å². The van der Waals surface area contributed by atoms with Crippen LogP contribution in [0.3, 0.4) is 0 Å². The molecule has 0 aromatic rings. The van der Waals surface area contributed by atoms with Gasteiger partial charge in [0.05, 0.1) is 6.04 Å². The predicted molar refractivity (Wildman–Crippen MR) is 87.7 cm³/mol. The van der Waals surface area contributed by atoms with Crippen LogP contribution in [0.5, 0.6) is 0 Å². The van der Waals surface area contributed by atoms with Crippen molar-refractivity contribution < 1.29 is 18.0 Å². The normalized spacial score (nSPS) is 25.5. The molecule has 2 saturated heterocycles. The summed E-state index contributed by atoms with van der Waals surface area (Å²) < 4.78 is 23.1. The van der Waals surface area contributed by atoms with Gasteiger partial charge < -0.3 is 15.5 Å². The SMILES string of the molecule is CC(C)(C)N1CC(NC(=O)C2(S(C)(=O)=O)CCNCC2)CC1=O. The molecule has 2 aliphatic heterocycles. The van der Waals surface area contributed by atoms with Gasteiger partial charge >= 0.3 is 0 Å². The first-order valence-corrected chi connectivity index (χ1v) is 9.88. The molecule has 2 fully saturated rings. The summed E-state index contributed by atoms with van der Waals surface area (Å²) in [5, 5.41) is 5.91. The molecule has 7 nitrogen and oxygen atoms in total. The molecule has 2 heterocycles. The number of nitrogens with zero attached hydrogens (tertiary/aromatic N) is 1. The van der Waals surface area contributed by atoms with Gasteiger partial charge in [0.2, 0.25) is 11.8 Å². The Hall–Kier alpha value is -1.15. The summed E-state index contributed by atoms with van der Waals surface area (Å²) >= 11 is 0. The molecular weight excluding hydrogens is 318 g/mol. The molecule has 23 heavy (non-hydrogen) atoms. The highest BCUT2D eigenvalue weighted by molar-refractivity contribution is 7.92. The van der Waals surface area contributed by atoms with E-state index in [0.29, 0.717) is 19.6 Å². The van der Waals surface area contributed by atoms with Gasteiger partial charge in [-0.05, 0) is 46.7 Å². The van der Waals surface area contributed by atoms with Crippen molar-refractivity contribution >= 4 is 21.7 Å². The maximum Gasteiger partial charge on any atom is 0.241 e. The van der Waals surface area contributed by atoms with Gasteiger partial charge in [-0.3, -0.25) is 9.59 Å². The van der Waals surface area contributed by atoms with Crippen molar-refractivity contribution in [2.24, 2.45) is 0 Å². The summed E-state index contributed by atoms with van der Waals surface area (Å²) in [5.74, 6) is -0.475. The van der Waals surface area contributed by atoms with E-state index in [1.165, 1.54) is 0 Å². The number of carbonyl (C=O) groups is 2. The monoisotopic (exact) mass is 345 g/mol. The number of likely N-dealkylation sites (tertiary alicyclic amines) is 1. The molecule has 1 atom stereocenters. The lowest BCUT2D eigenvalue weighted by Crippen LogP contribution is -2.59. The molecule has 2 amide bonds. The van der Waals surface area contributed by atoms with Gasteiger partial charge in [0, 0.05) is 24.8 Å². The Morgan fingerprint density at radius 3 is 2.30 bits per heavy atom. The van der Waals surface area contributed by atoms with E-state index in [1.807, 2.05) is 20.8 Å². The number of amides is 2. The third kappa shape index (κ3) is 3.52. The fourth-order valence-electron chi connectivity index (χ4n) is 3.37. The Bertz CT molecular complexity index is 588. The standard InChI is InChI=1S/C15H27N3O4S/c1-14(2,3)18-10-11(9-12(18)19)17-13(20)15(23(4,21)22)5-7-16-8-6-15/h11,16H,5-10H2,1-4H3,(H,17,20). The largest absolute Gasteiger partial charge is 0.350 e. The van der Waals surface area contributed by atoms with Crippen molar-refractivity contribution in [1.29, 1.82) is 0 Å². The molecule has 8 heteroatoms. The second-order valence-corrected chi connectivity index (χ2v) is 9.89. The van der Waals surface area contributed by atoms with Crippen LogP contribution < -0.4 is 10.6 Å². The van der Waals surface area contributed by atoms with E-state index in [2.05, 4.69) is 10.6 Å². The molecule has 0 radical (unpaired) electrons. The molecule has 0 saturated carbocycles. The third-order valence-electron chi connectivity index (χ3n) is 4.80. The van der Waals surface area contributed by atoms with E-state index in [0.717, 1.165) is 6.26 Å². The number of hydrogen-bond donors (Lipinski definition) is 2. The molecule has 132 valence electrons. The predicted octanol–water partition coefficient (Wildman–Crippen LogP) is -0.331. The molecule has 1 unspecified atom stereocenters. The summed E-state index contributed by atoms with van der Waals surface area (Å²) in [4.78, 5) is 26.6. The number of sulfone groups is 1. The highest BCUT2D eigenvalue weighted by Crippen LogP contribution is 2.29. The van der Waals surface area contributed by atoms with Crippen molar-refractivity contribution in [1.82, 2.24) is 15.5 Å². The van der Waals surface area contributed by atoms with Gasteiger partial charge in [0.1, 0.15) is 0 Å². The topological polar surface area (TPSA) is 95.6 Å². The molecule has 0 aromatic carbocycles. The first-order valence-electron chi connectivity index (χ1n) is 7.99. The summed E-state index contributed by atoms with van der Waals surface area (Å²) in [6, 6.07) is -0.331. The second kappa shape index (κ2) is 6.05. The van der Waals surface area contributed by atoms with Crippen LogP contribution in [0.15, 0.2) is 0 Å². The van der Waals surface area contributed by atoms with Gasteiger partial charge in [-0.25, -0.2) is 8.42 Å². The quantitative estimate of drug-likeness (QED) is 0.730. The van der Waals surface area contributed by atoms with Crippen LogP contribution in [-0.4, -0.2) is 67.3 Å². The van der Waals surface area contributed by atoms with E-state index in [4.69, 9.17) is 0 Å². The van der Waals surface area contributed by atoms with Crippen molar-refractivity contribution in [2.75, 3.05) is 25.9 Å². The van der Waals surface area contributed by atoms with E-state index >= 15 is 0 Å². The van der Waals surface area contributed by atoms with E-state index in [1.54, 1.807) is 4.90 Å². The highest BCUT2D eigenvalue weighted by atomic mass is 32.2. The van der Waals surface area contributed by atoms with Gasteiger partial charge in [-0.15, -0.1) is 0 Å². The third-order valence-corrected chi connectivity index (χ3v) is 6.82. The first kappa shape index (κ1) is 18.2. The van der Waals surface area contributed by atoms with Crippen LogP contribution in [-0.2, 0) is 19.4 Å². The van der Waals surface area contributed by atoms with E-state index in [-0.39, 0.29) is 36.8 Å².